The molecule has 0 heterocycles. The van der Waals surface area contributed by atoms with E-state index < -0.39 is 0 Å². The van der Waals surface area contributed by atoms with Gasteiger partial charge in [0.1, 0.15) is 5.75 Å². The van der Waals surface area contributed by atoms with Gasteiger partial charge in [-0.2, -0.15) is 0 Å². The lowest BCUT2D eigenvalue weighted by molar-refractivity contribution is 0.103. The zero-order valence-corrected chi connectivity index (χ0v) is 14.2. The Morgan fingerprint density at radius 3 is 2.60 bits per heavy atom. The molecule has 2 aromatic carbocycles. The molecule has 0 saturated carbocycles. The van der Waals surface area contributed by atoms with E-state index in [2.05, 4.69) is 31.9 Å². The first kappa shape index (κ1) is 15.3. The van der Waals surface area contributed by atoms with Crippen LogP contribution in [0.4, 0.5) is 0 Å². The molecule has 0 amide bonds. The van der Waals surface area contributed by atoms with Gasteiger partial charge < -0.3 is 4.74 Å². The van der Waals surface area contributed by atoms with E-state index in [4.69, 9.17) is 4.74 Å². The van der Waals surface area contributed by atoms with Crippen molar-refractivity contribution in [3.05, 3.63) is 62.5 Å². The normalized spacial score (nSPS) is 10.3. The highest BCUT2D eigenvalue weighted by Gasteiger charge is 2.17. The Kier molecular flexibility index (Phi) is 5.38. The Bertz CT molecular complexity index is 624. The van der Waals surface area contributed by atoms with Gasteiger partial charge in [0.15, 0.2) is 5.78 Å². The molecule has 0 unspecified atom stereocenters. The van der Waals surface area contributed by atoms with Crippen molar-refractivity contribution in [3.63, 3.8) is 0 Å². The van der Waals surface area contributed by atoms with Crippen LogP contribution in [0.15, 0.2) is 51.4 Å². The lowest BCUT2D eigenvalue weighted by Crippen LogP contribution is -2.06. The Morgan fingerprint density at radius 1 is 1.10 bits per heavy atom. The third-order valence-corrected chi connectivity index (χ3v) is 3.95. The summed E-state index contributed by atoms with van der Waals surface area (Å²) in [6.07, 6.45) is 0.906. The molecule has 20 heavy (non-hydrogen) atoms. The highest BCUT2D eigenvalue weighted by molar-refractivity contribution is 9.11. The maximum absolute atomic E-state index is 12.7. The fraction of sp³-hybridized carbons (Fsp3) is 0.188. The smallest absolute Gasteiger partial charge is 0.197 e. The van der Waals surface area contributed by atoms with Gasteiger partial charge in [-0.15, -0.1) is 0 Å². The van der Waals surface area contributed by atoms with Crippen LogP contribution in [0.5, 0.6) is 5.75 Å². The number of para-hydroxylation sites is 1. The number of carbonyl (C=O) groups excluding carboxylic acids is 1. The molecule has 0 radical (unpaired) electrons. The van der Waals surface area contributed by atoms with Crippen molar-refractivity contribution < 1.29 is 9.53 Å². The fourth-order valence-corrected chi connectivity index (χ4v) is 2.60. The molecular formula is C16H14Br2O2. The third-order valence-electron chi connectivity index (χ3n) is 2.77. The van der Waals surface area contributed by atoms with Crippen LogP contribution >= 0.6 is 31.9 Å². The van der Waals surface area contributed by atoms with Crippen LogP contribution in [0.2, 0.25) is 0 Å². The summed E-state index contributed by atoms with van der Waals surface area (Å²) in [5, 5.41) is 0. The SMILES string of the molecule is CCCOc1ccccc1C(=O)c1cc(Br)ccc1Br. The van der Waals surface area contributed by atoms with Gasteiger partial charge in [0.05, 0.1) is 12.2 Å². The van der Waals surface area contributed by atoms with Crippen LogP contribution in [-0.4, -0.2) is 12.4 Å². The van der Waals surface area contributed by atoms with Gasteiger partial charge in [0.2, 0.25) is 0 Å². The van der Waals surface area contributed by atoms with Crippen molar-refractivity contribution in [1.82, 2.24) is 0 Å². The van der Waals surface area contributed by atoms with Gasteiger partial charge in [-0.05, 0) is 36.8 Å². The maximum Gasteiger partial charge on any atom is 0.197 e. The lowest BCUT2D eigenvalue weighted by Gasteiger charge is -2.11. The molecule has 0 fully saturated rings. The standard InChI is InChI=1S/C16H14Br2O2/c1-2-9-20-15-6-4-3-5-12(15)16(19)13-10-11(17)7-8-14(13)18/h3-8,10H,2,9H2,1H3. The van der Waals surface area contributed by atoms with Crippen LogP contribution in [0.1, 0.15) is 29.3 Å². The van der Waals surface area contributed by atoms with Gasteiger partial charge in [0, 0.05) is 14.5 Å². The van der Waals surface area contributed by atoms with E-state index in [9.17, 15) is 4.79 Å². The zero-order chi connectivity index (χ0) is 14.5. The summed E-state index contributed by atoms with van der Waals surface area (Å²) in [4.78, 5) is 12.7. The van der Waals surface area contributed by atoms with Gasteiger partial charge in [0.25, 0.3) is 0 Å². The van der Waals surface area contributed by atoms with E-state index >= 15 is 0 Å². The molecule has 0 aromatic heterocycles. The van der Waals surface area contributed by atoms with Crippen molar-refractivity contribution in [3.8, 4) is 5.75 Å². The molecule has 2 nitrogen and oxygen atoms in total. The fourth-order valence-electron chi connectivity index (χ4n) is 1.81. The first-order valence-electron chi connectivity index (χ1n) is 6.35. The minimum absolute atomic E-state index is 0.0510. The largest absolute Gasteiger partial charge is 0.493 e. The summed E-state index contributed by atoms with van der Waals surface area (Å²) >= 11 is 6.82. The number of ketones is 1. The molecule has 0 aliphatic rings. The van der Waals surface area contributed by atoms with Crippen LogP contribution in [0.25, 0.3) is 0 Å². The number of benzene rings is 2. The van der Waals surface area contributed by atoms with Gasteiger partial charge in [-0.25, -0.2) is 0 Å². The second-order valence-electron chi connectivity index (χ2n) is 4.30. The summed E-state index contributed by atoms with van der Waals surface area (Å²) < 4.78 is 7.30. The lowest BCUT2D eigenvalue weighted by atomic mass is 10.0. The topological polar surface area (TPSA) is 26.3 Å². The van der Waals surface area contributed by atoms with E-state index in [1.54, 1.807) is 6.07 Å². The number of ether oxygens (including phenoxy) is 1. The van der Waals surface area contributed by atoms with Gasteiger partial charge in [-0.3, -0.25) is 4.79 Å². The van der Waals surface area contributed by atoms with Crippen molar-refractivity contribution >= 4 is 37.6 Å². The first-order chi connectivity index (χ1) is 9.63. The predicted octanol–water partition coefficient (Wildman–Crippen LogP) is 5.23. The predicted molar refractivity (Wildman–Crippen MR) is 87.5 cm³/mol. The molecule has 2 rings (SSSR count). The van der Waals surface area contributed by atoms with Crippen molar-refractivity contribution in [2.75, 3.05) is 6.61 Å². The van der Waals surface area contributed by atoms with Crippen molar-refractivity contribution in [1.29, 1.82) is 0 Å². The molecule has 0 atom stereocenters. The van der Waals surface area contributed by atoms with Crippen molar-refractivity contribution in [2.45, 2.75) is 13.3 Å². The molecule has 0 N–H and O–H groups in total. The second-order valence-corrected chi connectivity index (χ2v) is 6.07. The minimum atomic E-state index is -0.0510. The van der Waals surface area contributed by atoms with Crippen LogP contribution in [-0.2, 0) is 0 Å². The number of halogens is 2. The summed E-state index contributed by atoms with van der Waals surface area (Å²) in [5.41, 5.74) is 1.20. The molecule has 0 bridgehead atoms. The Labute approximate surface area is 135 Å². The average molecular weight is 398 g/mol. The monoisotopic (exact) mass is 396 g/mol. The van der Waals surface area contributed by atoms with Crippen molar-refractivity contribution in [2.24, 2.45) is 0 Å². The molecule has 2 aromatic rings. The van der Waals surface area contributed by atoms with Crippen LogP contribution < -0.4 is 4.74 Å². The summed E-state index contributed by atoms with van der Waals surface area (Å²) in [6.45, 7) is 2.64. The Balaban J connectivity index is 2.40. The van der Waals surface area contributed by atoms with E-state index in [1.165, 1.54) is 0 Å². The number of hydrogen-bond donors (Lipinski definition) is 0. The number of carbonyl (C=O) groups is 1. The number of hydrogen-bond acceptors (Lipinski definition) is 2. The molecular weight excluding hydrogens is 384 g/mol. The van der Waals surface area contributed by atoms with E-state index in [1.807, 2.05) is 43.3 Å². The summed E-state index contributed by atoms with van der Waals surface area (Å²) in [5.74, 6) is 0.580. The van der Waals surface area contributed by atoms with Crippen LogP contribution in [0.3, 0.4) is 0 Å². The quantitative estimate of drug-likeness (QED) is 0.645. The zero-order valence-electron chi connectivity index (χ0n) is 11.0. The van der Waals surface area contributed by atoms with Gasteiger partial charge >= 0.3 is 0 Å². The highest BCUT2D eigenvalue weighted by Crippen LogP contribution is 2.27. The minimum Gasteiger partial charge on any atom is -0.493 e. The molecule has 0 aliphatic heterocycles. The molecule has 4 heteroatoms. The molecule has 0 saturated heterocycles. The molecule has 104 valence electrons. The Morgan fingerprint density at radius 2 is 1.85 bits per heavy atom. The Hall–Kier alpha value is -1.13. The van der Waals surface area contributed by atoms with Crippen LogP contribution in [0, 0.1) is 0 Å². The van der Waals surface area contributed by atoms with E-state index in [-0.39, 0.29) is 5.78 Å². The third kappa shape index (κ3) is 3.49. The number of rotatable bonds is 5. The maximum atomic E-state index is 12.7. The second kappa shape index (κ2) is 7.04. The highest BCUT2D eigenvalue weighted by atomic mass is 79.9. The van der Waals surface area contributed by atoms with E-state index in [0.29, 0.717) is 23.5 Å². The van der Waals surface area contributed by atoms with Gasteiger partial charge in [-0.1, -0.05) is 50.9 Å². The average Bonchev–Trinajstić information content (AvgIpc) is 2.47. The first-order valence-corrected chi connectivity index (χ1v) is 7.93. The molecule has 0 spiro atoms. The molecule has 0 aliphatic carbocycles. The summed E-state index contributed by atoms with van der Waals surface area (Å²) in [6, 6.07) is 12.9. The summed E-state index contributed by atoms with van der Waals surface area (Å²) in [7, 11) is 0. The van der Waals surface area contributed by atoms with E-state index in [0.717, 1.165) is 15.4 Å².